The molecule has 0 atom stereocenters. The van der Waals surface area contributed by atoms with Crippen molar-refractivity contribution in [3.63, 3.8) is 0 Å². The van der Waals surface area contributed by atoms with Crippen LogP contribution in [0.1, 0.15) is 35.8 Å². The van der Waals surface area contributed by atoms with Gasteiger partial charge in [0.15, 0.2) is 17.5 Å². The van der Waals surface area contributed by atoms with Gasteiger partial charge in [-0.3, -0.25) is 4.79 Å². The van der Waals surface area contributed by atoms with Crippen LogP contribution in [0.5, 0.6) is 0 Å². The fraction of sp³-hybridized carbons (Fsp3) is 0.333. The van der Waals surface area contributed by atoms with E-state index in [1.165, 1.54) is 0 Å². The maximum Gasteiger partial charge on any atom is 0.224 e. The van der Waals surface area contributed by atoms with Crippen LogP contribution < -0.4 is 5.32 Å². The first-order valence-corrected chi connectivity index (χ1v) is 6.88. The Hall–Kier alpha value is -2.31. The summed E-state index contributed by atoms with van der Waals surface area (Å²) in [4.78, 5) is 11.7. The molecule has 1 heterocycles. The second-order valence-electron chi connectivity index (χ2n) is 5.32. The molecule has 22 heavy (non-hydrogen) atoms. The molecule has 1 N–H and O–H groups in total. The zero-order valence-corrected chi connectivity index (χ0v) is 11.5. The minimum absolute atomic E-state index is 0.0627. The van der Waals surface area contributed by atoms with E-state index in [0.29, 0.717) is 11.6 Å². The molecule has 1 amide bonds. The number of halogens is 3. The number of aromatic nitrogens is 1. The van der Waals surface area contributed by atoms with Gasteiger partial charge in [-0.15, -0.1) is 0 Å². The molecule has 0 bridgehead atoms. The second kappa shape index (κ2) is 5.82. The molecule has 1 fully saturated rings. The van der Waals surface area contributed by atoms with Crippen LogP contribution in [-0.2, 0) is 17.8 Å². The SMILES string of the molecule is O=C(Cc1cc(F)c(F)c(F)c1)NCc1cc(C2CC2)on1. The highest BCUT2D eigenvalue weighted by Gasteiger charge is 2.27. The molecule has 1 aliphatic carbocycles. The fourth-order valence-corrected chi connectivity index (χ4v) is 2.12. The minimum atomic E-state index is -1.54. The van der Waals surface area contributed by atoms with Crippen molar-refractivity contribution in [3.8, 4) is 0 Å². The van der Waals surface area contributed by atoms with Crippen LogP contribution in [0.3, 0.4) is 0 Å². The lowest BCUT2D eigenvalue weighted by atomic mass is 10.1. The van der Waals surface area contributed by atoms with E-state index in [9.17, 15) is 18.0 Å². The maximum absolute atomic E-state index is 13.1. The normalized spacial score (nSPS) is 14.1. The van der Waals surface area contributed by atoms with Crippen LogP contribution in [0.15, 0.2) is 22.7 Å². The summed E-state index contributed by atoms with van der Waals surface area (Å²) in [7, 11) is 0. The molecule has 1 aromatic heterocycles. The second-order valence-corrected chi connectivity index (χ2v) is 5.32. The lowest BCUT2D eigenvalue weighted by Gasteiger charge is -2.04. The lowest BCUT2D eigenvalue weighted by molar-refractivity contribution is -0.120. The third kappa shape index (κ3) is 3.29. The molecule has 1 aliphatic rings. The van der Waals surface area contributed by atoms with Gasteiger partial charge in [0.1, 0.15) is 11.5 Å². The van der Waals surface area contributed by atoms with Crippen LogP contribution >= 0.6 is 0 Å². The zero-order valence-electron chi connectivity index (χ0n) is 11.5. The largest absolute Gasteiger partial charge is 0.361 e. The third-order valence-electron chi connectivity index (χ3n) is 3.43. The number of amides is 1. The van der Waals surface area contributed by atoms with Crippen molar-refractivity contribution in [1.82, 2.24) is 10.5 Å². The molecule has 0 spiro atoms. The number of nitrogens with one attached hydrogen (secondary N) is 1. The summed E-state index contributed by atoms with van der Waals surface area (Å²) in [6, 6.07) is 3.40. The quantitative estimate of drug-likeness (QED) is 0.864. The Morgan fingerprint density at radius 3 is 2.55 bits per heavy atom. The number of rotatable bonds is 5. The van der Waals surface area contributed by atoms with Crippen molar-refractivity contribution in [2.75, 3.05) is 0 Å². The van der Waals surface area contributed by atoms with Gasteiger partial charge in [0.2, 0.25) is 5.91 Å². The molecule has 2 aromatic rings. The number of benzene rings is 1. The van der Waals surface area contributed by atoms with E-state index < -0.39 is 23.4 Å². The first kappa shape index (κ1) is 14.6. The van der Waals surface area contributed by atoms with Crippen LogP contribution in [0.2, 0.25) is 0 Å². The van der Waals surface area contributed by atoms with Gasteiger partial charge in [-0.05, 0) is 30.5 Å². The summed E-state index contributed by atoms with van der Waals surface area (Å²) in [5.74, 6) is -3.36. The standard InChI is InChI=1S/C15H13F3N2O2/c16-11-3-8(4-12(17)15(11)18)5-14(21)19-7-10-6-13(22-20-10)9-1-2-9/h3-4,6,9H,1-2,5,7H2,(H,19,21). The van der Waals surface area contributed by atoms with Crippen molar-refractivity contribution in [1.29, 1.82) is 0 Å². The van der Waals surface area contributed by atoms with E-state index >= 15 is 0 Å². The average molecular weight is 310 g/mol. The van der Waals surface area contributed by atoms with Gasteiger partial charge in [-0.2, -0.15) is 0 Å². The van der Waals surface area contributed by atoms with Gasteiger partial charge in [-0.25, -0.2) is 13.2 Å². The monoisotopic (exact) mass is 310 g/mol. The van der Waals surface area contributed by atoms with Crippen molar-refractivity contribution in [3.05, 3.63) is 52.7 Å². The molecule has 0 unspecified atom stereocenters. The molecule has 116 valence electrons. The van der Waals surface area contributed by atoms with Gasteiger partial charge in [0.25, 0.3) is 0 Å². The Balaban J connectivity index is 1.55. The Morgan fingerprint density at radius 2 is 1.91 bits per heavy atom. The van der Waals surface area contributed by atoms with Crippen LogP contribution in [0.25, 0.3) is 0 Å². The lowest BCUT2D eigenvalue weighted by Crippen LogP contribution is -2.24. The predicted molar refractivity (Wildman–Crippen MR) is 70.3 cm³/mol. The smallest absolute Gasteiger partial charge is 0.224 e. The molecule has 0 radical (unpaired) electrons. The first-order valence-electron chi connectivity index (χ1n) is 6.88. The van der Waals surface area contributed by atoms with E-state index in [1.807, 2.05) is 0 Å². The highest BCUT2D eigenvalue weighted by atomic mass is 19.2. The minimum Gasteiger partial charge on any atom is -0.361 e. The Morgan fingerprint density at radius 1 is 1.23 bits per heavy atom. The molecular formula is C15H13F3N2O2. The van der Waals surface area contributed by atoms with E-state index in [0.717, 1.165) is 30.7 Å². The molecule has 0 aliphatic heterocycles. The Labute approximate surface area is 124 Å². The van der Waals surface area contributed by atoms with Gasteiger partial charge in [0, 0.05) is 12.0 Å². The van der Waals surface area contributed by atoms with E-state index in [2.05, 4.69) is 10.5 Å². The Bertz CT molecular complexity index is 688. The molecule has 3 rings (SSSR count). The van der Waals surface area contributed by atoms with Crippen LogP contribution in [0, 0.1) is 17.5 Å². The number of hydrogen-bond acceptors (Lipinski definition) is 3. The zero-order chi connectivity index (χ0) is 15.7. The van der Waals surface area contributed by atoms with Crippen molar-refractivity contribution >= 4 is 5.91 Å². The molecule has 1 aromatic carbocycles. The van der Waals surface area contributed by atoms with E-state index in [4.69, 9.17) is 4.52 Å². The van der Waals surface area contributed by atoms with Crippen LogP contribution in [-0.4, -0.2) is 11.1 Å². The van der Waals surface area contributed by atoms with Gasteiger partial charge >= 0.3 is 0 Å². The summed E-state index contributed by atoms with van der Waals surface area (Å²) < 4.78 is 44.1. The van der Waals surface area contributed by atoms with Crippen molar-refractivity contribution < 1.29 is 22.5 Å². The number of carbonyl (C=O) groups is 1. The highest BCUT2D eigenvalue weighted by molar-refractivity contribution is 5.78. The molecule has 0 saturated heterocycles. The van der Waals surface area contributed by atoms with Crippen molar-refractivity contribution in [2.45, 2.75) is 31.7 Å². The number of hydrogen-bond donors (Lipinski definition) is 1. The maximum atomic E-state index is 13.1. The highest BCUT2D eigenvalue weighted by Crippen LogP contribution is 2.40. The topological polar surface area (TPSA) is 55.1 Å². The summed E-state index contributed by atoms with van der Waals surface area (Å²) in [5, 5.41) is 6.41. The summed E-state index contributed by atoms with van der Waals surface area (Å²) in [6.45, 7) is 0.168. The summed E-state index contributed by atoms with van der Waals surface area (Å²) >= 11 is 0. The van der Waals surface area contributed by atoms with Gasteiger partial charge < -0.3 is 9.84 Å². The third-order valence-corrected chi connectivity index (χ3v) is 3.43. The molecule has 1 saturated carbocycles. The van der Waals surface area contributed by atoms with Crippen molar-refractivity contribution in [2.24, 2.45) is 0 Å². The first-order chi connectivity index (χ1) is 10.5. The summed E-state index contributed by atoms with van der Waals surface area (Å²) in [5.41, 5.74) is 0.652. The Kier molecular flexibility index (Phi) is 3.87. The fourth-order valence-electron chi connectivity index (χ4n) is 2.12. The predicted octanol–water partition coefficient (Wildman–Crippen LogP) is 2.83. The summed E-state index contributed by atoms with van der Waals surface area (Å²) in [6.07, 6.45) is 1.92. The van der Waals surface area contributed by atoms with E-state index in [1.54, 1.807) is 6.07 Å². The van der Waals surface area contributed by atoms with Gasteiger partial charge in [-0.1, -0.05) is 5.16 Å². The number of carbonyl (C=O) groups excluding carboxylic acids is 1. The average Bonchev–Trinajstić information content (AvgIpc) is 3.21. The van der Waals surface area contributed by atoms with Crippen LogP contribution in [0.4, 0.5) is 13.2 Å². The number of nitrogens with zero attached hydrogens (tertiary/aromatic N) is 1. The van der Waals surface area contributed by atoms with Gasteiger partial charge in [0.05, 0.1) is 13.0 Å². The van der Waals surface area contributed by atoms with E-state index in [-0.39, 0.29) is 18.5 Å². The molecular weight excluding hydrogens is 297 g/mol. The molecule has 4 nitrogen and oxygen atoms in total. The molecule has 7 heteroatoms.